The third kappa shape index (κ3) is 9.69. The Labute approximate surface area is 396 Å². The second-order valence-corrected chi connectivity index (χ2v) is 14.5. The van der Waals surface area contributed by atoms with E-state index in [0.29, 0.717) is 33.5 Å². The predicted octanol–water partition coefficient (Wildman–Crippen LogP) is 10.3. The maximum atomic E-state index is 13.9. The summed E-state index contributed by atoms with van der Waals surface area (Å²) in [5, 5.41) is 11.5. The molecular weight excluding hydrogens is 892 g/mol. The van der Waals surface area contributed by atoms with E-state index < -0.39 is 23.9 Å². The fourth-order valence-corrected chi connectivity index (χ4v) is 7.77. The van der Waals surface area contributed by atoms with Gasteiger partial charge >= 0.3 is 28.7 Å². The van der Waals surface area contributed by atoms with Gasteiger partial charge < -0.3 is 29.0 Å². The average Bonchev–Trinajstić information content (AvgIpc) is 4.21. The van der Waals surface area contributed by atoms with Gasteiger partial charge in [-0.05, 0) is 69.8 Å². The van der Waals surface area contributed by atoms with Crippen LogP contribution in [0.4, 0.5) is 0 Å². The van der Waals surface area contributed by atoms with Gasteiger partial charge in [0.2, 0.25) is 5.70 Å². The number of nitrogens with zero attached hydrogens (tertiary/aromatic N) is 4. The molecule has 333 valence electrons. The van der Waals surface area contributed by atoms with Gasteiger partial charge in [-0.15, -0.1) is 11.0 Å². The largest absolute Gasteiger partial charge is 3.00 e. The van der Waals surface area contributed by atoms with Crippen LogP contribution >= 0.6 is 0 Å². The number of rotatable bonds is 9. The van der Waals surface area contributed by atoms with Crippen molar-refractivity contribution in [1.82, 2.24) is 19.5 Å². The van der Waals surface area contributed by atoms with E-state index >= 15 is 0 Å². The topological polar surface area (TPSA) is 153 Å². The van der Waals surface area contributed by atoms with Crippen LogP contribution in [0.3, 0.4) is 0 Å². The van der Waals surface area contributed by atoms with E-state index in [0.717, 1.165) is 70.0 Å². The third-order valence-electron chi connectivity index (χ3n) is 10.7. The Kier molecular flexibility index (Phi) is 14.7. The summed E-state index contributed by atoms with van der Waals surface area (Å²) in [5.41, 5.74) is 11.9. The van der Waals surface area contributed by atoms with Crippen molar-refractivity contribution in [3.05, 3.63) is 181 Å². The number of fused-ring (bicyclic) bond motifs is 8. The van der Waals surface area contributed by atoms with Gasteiger partial charge in [-0.2, -0.15) is 0 Å². The standard InChI is InChI=1S/C49H36N4O4.C5H6O4.Co/c1-56-48(54)47(49(55)57-2)53-41-29-30-42(53)46(34-21-13-6-14-22-34)40-28-26-38(52-40)44(32-17-9-4-10-18-32)36-24-23-35(50-36)43(31-15-7-3-8-16-31)37-25-27-39(51-37)45(41)33-19-11-5-12-20-33;1-8-4(6)3-5(7)9-2;/h3-30H,1-2H3,(H2,50,51,52,54,55);1-2H3;/q;-1;+3/p-1. The second kappa shape index (κ2) is 21.1. The van der Waals surface area contributed by atoms with Crippen molar-refractivity contribution < 1.29 is 55.2 Å². The molecule has 0 fully saturated rings. The molecule has 8 bridgehead atoms. The number of carbonyl (C=O) groups is 3. The summed E-state index contributed by atoms with van der Waals surface area (Å²) >= 11 is 0. The SMILES string of the molecule is COC(=O)/C(=C(/O)OC)n1c2ccc1c(-c1ccccc1)c1nc(c(-c3ccccc3)c3ccc([n-]3)c(-c3ccccc3)c3nc(c2-c2ccccc2)C=C3)C=C1.COC(=O)[C-]C(=O)OC.[Co+3]. The van der Waals surface area contributed by atoms with Crippen molar-refractivity contribution in [2.24, 2.45) is 0 Å². The first-order valence-electron chi connectivity index (χ1n) is 20.6. The van der Waals surface area contributed by atoms with Crippen LogP contribution in [0.2, 0.25) is 0 Å². The average molecular weight is 933 g/mol. The smallest absolute Gasteiger partial charge is 0.657 e. The molecule has 3 aromatic heterocycles. The molecule has 7 aromatic rings. The van der Waals surface area contributed by atoms with E-state index in [9.17, 15) is 19.5 Å². The van der Waals surface area contributed by atoms with Gasteiger partial charge in [0.1, 0.15) is 0 Å². The number of ether oxygens (including phenoxy) is 4. The molecule has 67 heavy (non-hydrogen) atoms. The number of carbonyl (C=O) groups excluding carboxylic acids is 3. The fourth-order valence-electron chi connectivity index (χ4n) is 7.77. The molecular formula is C54H41CoN4O8+. The molecule has 0 saturated heterocycles. The van der Waals surface area contributed by atoms with Crippen LogP contribution in [0.15, 0.2) is 152 Å². The number of aromatic nitrogens is 4. The summed E-state index contributed by atoms with van der Waals surface area (Å²) in [6.45, 7) is 0. The number of hydrogen-bond donors (Lipinski definition) is 1. The van der Waals surface area contributed by atoms with Crippen LogP contribution in [0.25, 0.3) is 96.6 Å². The van der Waals surface area contributed by atoms with Crippen LogP contribution in [0, 0.1) is 6.42 Å². The number of aliphatic hydroxyl groups excluding tert-OH is 1. The van der Waals surface area contributed by atoms with Gasteiger partial charge in [0.25, 0.3) is 0 Å². The van der Waals surface area contributed by atoms with Crippen LogP contribution < -0.4 is 4.98 Å². The zero-order valence-corrected chi connectivity index (χ0v) is 37.6. The van der Waals surface area contributed by atoms with Gasteiger partial charge in [-0.1, -0.05) is 133 Å². The summed E-state index contributed by atoms with van der Waals surface area (Å²) in [6.07, 6.45) is 9.71. The molecule has 0 amide bonds. The van der Waals surface area contributed by atoms with Crippen molar-refractivity contribution >= 4 is 70.0 Å². The van der Waals surface area contributed by atoms with Gasteiger partial charge in [0, 0.05) is 11.1 Å². The number of benzene rings is 4. The minimum Gasteiger partial charge on any atom is -0.657 e. The molecule has 5 heterocycles. The first kappa shape index (κ1) is 46.6. The van der Waals surface area contributed by atoms with Crippen molar-refractivity contribution in [1.29, 1.82) is 0 Å². The monoisotopic (exact) mass is 932 g/mol. The normalized spacial score (nSPS) is 11.5. The molecule has 12 nitrogen and oxygen atoms in total. The number of esters is 3. The summed E-state index contributed by atoms with van der Waals surface area (Å²) in [5.74, 6) is -3.08. The molecule has 2 aliphatic rings. The first-order valence-corrected chi connectivity index (χ1v) is 20.6. The van der Waals surface area contributed by atoms with Crippen molar-refractivity contribution in [3.63, 3.8) is 0 Å². The van der Waals surface area contributed by atoms with Crippen molar-refractivity contribution in [2.45, 2.75) is 0 Å². The van der Waals surface area contributed by atoms with Gasteiger partial charge in [-0.3, -0.25) is 20.6 Å². The van der Waals surface area contributed by atoms with Gasteiger partial charge in [0.15, 0.2) is 11.9 Å². The first-order chi connectivity index (χ1) is 32.2. The Morgan fingerprint density at radius 2 is 0.821 bits per heavy atom. The molecule has 4 aromatic carbocycles. The van der Waals surface area contributed by atoms with E-state index in [4.69, 9.17) is 24.4 Å². The molecule has 1 N–H and O–H groups in total. The van der Waals surface area contributed by atoms with E-state index in [1.165, 1.54) is 14.2 Å². The quantitative estimate of drug-likeness (QED) is 0.0484. The van der Waals surface area contributed by atoms with E-state index in [1.54, 1.807) is 11.0 Å². The zero-order chi connectivity index (χ0) is 46.2. The number of methoxy groups -OCH3 is 4. The maximum Gasteiger partial charge on any atom is 3.00 e. The van der Waals surface area contributed by atoms with E-state index in [1.807, 2.05) is 146 Å². The van der Waals surface area contributed by atoms with Crippen molar-refractivity contribution in [3.8, 4) is 44.5 Å². The van der Waals surface area contributed by atoms with Crippen LogP contribution in [-0.2, 0) is 50.1 Å². The Bertz CT molecular complexity index is 3020. The fraction of sp³-hybridized carbons (Fsp3) is 0.0741. The second-order valence-electron chi connectivity index (χ2n) is 14.5. The zero-order valence-electron chi connectivity index (χ0n) is 36.6. The molecule has 0 spiro atoms. The molecule has 0 atom stereocenters. The molecule has 13 heteroatoms. The number of hydrogen-bond acceptors (Lipinski definition) is 10. The molecule has 2 aliphatic heterocycles. The summed E-state index contributed by atoms with van der Waals surface area (Å²) in [4.78, 5) is 50.2. The Morgan fingerprint density at radius 1 is 0.478 bits per heavy atom. The Balaban J connectivity index is 0.000000606. The molecule has 0 aliphatic carbocycles. The molecule has 9 rings (SSSR count). The maximum absolute atomic E-state index is 13.9. The molecule has 0 unspecified atom stereocenters. The van der Waals surface area contributed by atoms with E-state index in [2.05, 4.69) is 33.7 Å². The van der Waals surface area contributed by atoms with E-state index in [-0.39, 0.29) is 22.5 Å². The van der Waals surface area contributed by atoms with Crippen molar-refractivity contribution in [2.75, 3.05) is 28.4 Å². The minimum absolute atomic E-state index is 0. The van der Waals surface area contributed by atoms with Crippen LogP contribution in [0.5, 0.6) is 0 Å². The minimum atomic E-state index is -0.832. The Hall–Kier alpha value is -8.39. The summed E-state index contributed by atoms with van der Waals surface area (Å²) in [7, 11) is 4.89. The number of aliphatic hydroxyl groups is 1. The molecule has 1 radical (unpaired) electrons. The summed E-state index contributed by atoms with van der Waals surface area (Å²) in [6, 6.07) is 47.9. The summed E-state index contributed by atoms with van der Waals surface area (Å²) < 4.78 is 20.6. The van der Waals surface area contributed by atoms with Crippen LogP contribution in [-0.4, -0.2) is 66.0 Å². The third-order valence-corrected chi connectivity index (χ3v) is 10.7. The predicted molar refractivity (Wildman–Crippen MR) is 255 cm³/mol. The van der Waals surface area contributed by atoms with Crippen LogP contribution in [0.1, 0.15) is 22.8 Å². The van der Waals surface area contributed by atoms with Gasteiger partial charge in [0.05, 0.1) is 62.2 Å². The Morgan fingerprint density at radius 3 is 1.15 bits per heavy atom. The van der Waals surface area contributed by atoms with Gasteiger partial charge in [-0.25, -0.2) is 14.8 Å². The molecule has 0 saturated carbocycles.